The lowest BCUT2D eigenvalue weighted by Gasteiger charge is -2.14. The molecular weight excluding hydrogens is 408 g/mol. The lowest BCUT2D eigenvalue weighted by Crippen LogP contribution is -1.98. The Hall–Kier alpha value is -3.79. The van der Waals surface area contributed by atoms with Gasteiger partial charge in [0, 0.05) is 29.1 Å². The maximum absolute atomic E-state index is 6.53. The van der Waals surface area contributed by atoms with Crippen LogP contribution in [0.1, 0.15) is 25.0 Å². The zero-order valence-electron chi connectivity index (χ0n) is 19.7. The summed E-state index contributed by atoms with van der Waals surface area (Å²) in [6, 6.07) is 22.7. The second kappa shape index (κ2) is 9.78. The minimum absolute atomic E-state index is 0.565. The Morgan fingerprint density at radius 2 is 1.45 bits per heavy atom. The molecule has 168 valence electrons. The molecule has 0 saturated heterocycles. The first kappa shape index (κ1) is 22.4. The normalized spacial score (nSPS) is 10.8. The molecule has 4 aromatic rings. The first-order valence-corrected chi connectivity index (χ1v) is 11.3. The Morgan fingerprint density at radius 1 is 0.727 bits per heavy atom. The molecular formula is C29H30N2O2. The number of nitrogens with two attached hydrogens (primary N) is 1. The van der Waals surface area contributed by atoms with Crippen molar-refractivity contribution in [3.8, 4) is 45.0 Å². The number of anilines is 1. The van der Waals surface area contributed by atoms with Crippen molar-refractivity contribution in [3.05, 3.63) is 84.1 Å². The zero-order valence-corrected chi connectivity index (χ0v) is 19.7. The van der Waals surface area contributed by atoms with E-state index < -0.39 is 0 Å². The van der Waals surface area contributed by atoms with E-state index >= 15 is 0 Å². The number of hydrogen-bond acceptors (Lipinski definition) is 4. The highest BCUT2D eigenvalue weighted by atomic mass is 16.5. The average molecular weight is 439 g/mol. The molecule has 0 amide bonds. The van der Waals surface area contributed by atoms with Crippen LogP contribution in [0.4, 0.5) is 5.69 Å². The van der Waals surface area contributed by atoms with E-state index in [9.17, 15) is 0 Å². The molecule has 0 spiro atoms. The van der Waals surface area contributed by atoms with Crippen LogP contribution in [0, 0.1) is 13.8 Å². The third-order valence-electron chi connectivity index (χ3n) is 5.66. The number of benzene rings is 3. The molecule has 0 fully saturated rings. The lowest BCUT2D eigenvalue weighted by molar-refractivity contribution is 0.324. The van der Waals surface area contributed by atoms with Crippen LogP contribution in [0.15, 0.2) is 72.9 Å². The fraction of sp³-hybridized carbons (Fsp3) is 0.207. The smallest absolute Gasteiger partial charge is 0.132 e. The molecule has 0 aliphatic rings. The topological polar surface area (TPSA) is 57.4 Å². The summed E-state index contributed by atoms with van der Waals surface area (Å²) in [7, 11) is 0. The number of aryl methyl sites for hydroxylation is 2. The van der Waals surface area contributed by atoms with E-state index in [1.54, 1.807) is 0 Å². The van der Waals surface area contributed by atoms with Gasteiger partial charge < -0.3 is 15.2 Å². The standard InChI is InChI=1S/C29H30N2O2/c1-5-32-23-9-12-26(29(18-23)33-6-2)28-17-22(13-14-31-28)25-11-8-21(16-27(25)30)24-10-7-19(3)15-20(24)4/h7-18H,5-6,30H2,1-4H3. The van der Waals surface area contributed by atoms with Gasteiger partial charge in [-0.25, -0.2) is 0 Å². The average Bonchev–Trinajstić information content (AvgIpc) is 2.80. The molecule has 0 atom stereocenters. The van der Waals surface area contributed by atoms with Gasteiger partial charge in [0.05, 0.1) is 18.9 Å². The number of aromatic nitrogens is 1. The molecule has 4 nitrogen and oxygen atoms in total. The molecule has 3 aromatic carbocycles. The second-order valence-electron chi connectivity index (χ2n) is 8.07. The van der Waals surface area contributed by atoms with Gasteiger partial charge in [0.25, 0.3) is 0 Å². The van der Waals surface area contributed by atoms with Crippen molar-refractivity contribution < 1.29 is 9.47 Å². The summed E-state index contributed by atoms with van der Waals surface area (Å²) < 4.78 is 11.5. The summed E-state index contributed by atoms with van der Waals surface area (Å²) in [6.45, 7) is 9.35. The summed E-state index contributed by atoms with van der Waals surface area (Å²) in [4.78, 5) is 4.61. The van der Waals surface area contributed by atoms with E-state index in [1.807, 2.05) is 44.3 Å². The van der Waals surface area contributed by atoms with E-state index in [1.165, 1.54) is 16.7 Å². The predicted octanol–water partition coefficient (Wildman–Crippen LogP) is 7.08. The summed E-state index contributed by atoms with van der Waals surface area (Å²) in [6.07, 6.45) is 1.81. The van der Waals surface area contributed by atoms with Crippen molar-refractivity contribution in [2.75, 3.05) is 18.9 Å². The molecule has 1 heterocycles. The first-order valence-electron chi connectivity index (χ1n) is 11.3. The van der Waals surface area contributed by atoms with Gasteiger partial charge in [-0.2, -0.15) is 0 Å². The van der Waals surface area contributed by atoms with Crippen LogP contribution in [-0.2, 0) is 0 Å². The number of hydrogen-bond donors (Lipinski definition) is 1. The molecule has 0 unspecified atom stereocenters. The SMILES string of the molecule is CCOc1ccc(-c2cc(-c3ccc(-c4ccc(C)cc4C)cc3N)ccn2)c(OCC)c1. The fourth-order valence-electron chi connectivity index (χ4n) is 4.12. The Bertz CT molecular complexity index is 1280. The molecule has 0 aliphatic carbocycles. The fourth-order valence-corrected chi connectivity index (χ4v) is 4.12. The zero-order chi connectivity index (χ0) is 23.4. The second-order valence-corrected chi connectivity index (χ2v) is 8.07. The molecule has 4 heteroatoms. The first-order chi connectivity index (χ1) is 16.0. The highest BCUT2D eigenvalue weighted by Gasteiger charge is 2.13. The van der Waals surface area contributed by atoms with Gasteiger partial charge in [-0.1, -0.05) is 35.9 Å². The van der Waals surface area contributed by atoms with Crippen molar-refractivity contribution in [1.82, 2.24) is 4.98 Å². The Morgan fingerprint density at radius 3 is 2.18 bits per heavy atom. The molecule has 0 saturated carbocycles. The van der Waals surface area contributed by atoms with Crippen LogP contribution in [0.5, 0.6) is 11.5 Å². The largest absolute Gasteiger partial charge is 0.494 e. The van der Waals surface area contributed by atoms with Crippen molar-refractivity contribution in [1.29, 1.82) is 0 Å². The van der Waals surface area contributed by atoms with Crippen molar-refractivity contribution in [3.63, 3.8) is 0 Å². The van der Waals surface area contributed by atoms with Crippen LogP contribution in [-0.4, -0.2) is 18.2 Å². The third kappa shape index (κ3) is 4.85. The number of ether oxygens (including phenoxy) is 2. The van der Waals surface area contributed by atoms with Crippen molar-refractivity contribution >= 4 is 5.69 Å². The van der Waals surface area contributed by atoms with Crippen molar-refractivity contribution in [2.45, 2.75) is 27.7 Å². The predicted molar refractivity (Wildman–Crippen MR) is 137 cm³/mol. The Kier molecular flexibility index (Phi) is 6.64. The van der Waals surface area contributed by atoms with E-state index in [0.717, 1.165) is 45.1 Å². The third-order valence-corrected chi connectivity index (χ3v) is 5.66. The summed E-state index contributed by atoms with van der Waals surface area (Å²) in [5, 5.41) is 0. The van der Waals surface area contributed by atoms with Gasteiger partial charge in [-0.05, 0) is 80.3 Å². The molecule has 0 bridgehead atoms. The van der Waals surface area contributed by atoms with Crippen LogP contribution in [0.25, 0.3) is 33.5 Å². The number of rotatable bonds is 7. The molecule has 2 N–H and O–H groups in total. The number of pyridine rings is 1. The minimum Gasteiger partial charge on any atom is -0.494 e. The van der Waals surface area contributed by atoms with E-state index in [-0.39, 0.29) is 0 Å². The van der Waals surface area contributed by atoms with Gasteiger partial charge in [-0.15, -0.1) is 0 Å². The monoisotopic (exact) mass is 438 g/mol. The molecule has 4 rings (SSSR count). The molecule has 0 aliphatic heterocycles. The van der Waals surface area contributed by atoms with Gasteiger partial charge in [-0.3, -0.25) is 4.98 Å². The molecule has 33 heavy (non-hydrogen) atoms. The molecule has 1 aromatic heterocycles. The van der Waals surface area contributed by atoms with Gasteiger partial charge >= 0.3 is 0 Å². The highest BCUT2D eigenvalue weighted by molar-refractivity contribution is 5.84. The van der Waals surface area contributed by atoms with E-state index in [2.05, 4.69) is 61.3 Å². The van der Waals surface area contributed by atoms with Gasteiger partial charge in [0.2, 0.25) is 0 Å². The van der Waals surface area contributed by atoms with Crippen LogP contribution >= 0.6 is 0 Å². The van der Waals surface area contributed by atoms with E-state index in [4.69, 9.17) is 15.2 Å². The summed E-state index contributed by atoms with van der Waals surface area (Å²) >= 11 is 0. The number of nitrogen functional groups attached to an aromatic ring is 1. The quantitative estimate of drug-likeness (QED) is 0.313. The Balaban J connectivity index is 1.71. The summed E-state index contributed by atoms with van der Waals surface area (Å²) in [5.41, 5.74) is 15.8. The van der Waals surface area contributed by atoms with Crippen molar-refractivity contribution in [2.24, 2.45) is 0 Å². The molecule has 0 radical (unpaired) electrons. The maximum atomic E-state index is 6.53. The lowest BCUT2D eigenvalue weighted by atomic mass is 9.95. The summed E-state index contributed by atoms with van der Waals surface area (Å²) in [5.74, 6) is 1.54. The number of nitrogens with zero attached hydrogens (tertiary/aromatic N) is 1. The van der Waals surface area contributed by atoms with Crippen LogP contribution in [0.2, 0.25) is 0 Å². The van der Waals surface area contributed by atoms with Gasteiger partial charge in [0.1, 0.15) is 11.5 Å². The van der Waals surface area contributed by atoms with Gasteiger partial charge in [0.15, 0.2) is 0 Å². The maximum Gasteiger partial charge on any atom is 0.132 e. The highest BCUT2D eigenvalue weighted by Crippen LogP contribution is 2.36. The van der Waals surface area contributed by atoms with Crippen LogP contribution in [0.3, 0.4) is 0 Å². The minimum atomic E-state index is 0.565. The Labute approximate surface area is 196 Å². The van der Waals surface area contributed by atoms with E-state index in [0.29, 0.717) is 13.2 Å². The van der Waals surface area contributed by atoms with Crippen LogP contribution < -0.4 is 15.2 Å².